The molecule has 0 aromatic heterocycles. The minimum Gasteiger partial charge on any atom is -0.379 e. The van der Waals surface area contributed by atoms with Gasteiger partial charge in [0.25, 0.3) is 0 Å². The highest BCUT2D eigenvalue weighted by molar-refractivity contribution is 9.10. The van der Waals surface area contributed by atoms with E-state index in [0.29, 0.717) is 5.56 Å². The van der Waals surface area contributed by atoms with E-state index in [1.165, 1.54) is 6.07 Å². The lowest BCUT2D eigenvalue weighted by Crippen LogP contribution is -2.27. The number of methoxy groups -OCH3 is 1. The summed E-state index contributed by atoms with van der Waals surface area (Å²) in [6, 6.07) is 5.09. The van der Waals surface area contributed by atoms with E-state index in [4.69, 9.17) is 4.74 Å². The topological polar surface area (TPSA) is 21.3 Å². The summed E-state index contributed by atoms with van der Waals surface area (Å²) in [7, 11) is 1.71. The Hall–Kier alpha value is -0.450. The lowest BCUT2D eigenvalue weighted by Gasteiger charge is -2.26. The van der Waals surface area contributed by atoms with Gasteiger partial charge in [0.2, 0.25) is 0 Å². The van der Waals surface area contributed by atoms with Gasteiger partial charge in [-0.3, -0.25) is 0 Å². The Labute approximate surface area is 123 Å². The van der Waals surface area contributed by atoms with Crippen LogP contribution in [0.15, 0.2) is 22.7 Å². The Morgan fingerprint density at radius 3 is 2.68 bits per heavy atom. The van der Waals surface area contributed by atoms with Crippen molar-refractivity contribution in [2.24, 2.45) is 0 Å². The molecule has 0 radical (unpaired) electrons. The first-order chi connectivity index (χ1) is 8.89. The lowest BCUT2D eigenvalue weighted by molar-refractivity contribution is 0.0116. The summed E-state index contributed by atoms with van der Waals surface area (Å²) >= 11 is 3.40. The molecule has 0 amide bonds. The highest BCUT2D eigenvalue weighted by Gasteiger charge is 2.21. The molecule has 1 aromatic rings. The van der Waals surface area contributed by atoms with Crippen molar-refractivity contribution in [1.29, 1.82) is 0 Å². The smallest absolute Gasteiger partial charge is 0.128 e. The average Bonchev–Trinajstić information content (AvgIpc) is 2.37. The summed E-state index contributed by atoms with van der Waals surface area (Å²) in [6.07, 6.45) is 1.70. The molecule has 19 heavy (non-hydrogen) atoms. The van der Waals surface area contributed by atoms with Crippen molar-refractivity contribution in [1.82, 2.24) is 5.32 Å². The molecule has 1 N–H and O–H groups in total. The molecule has 4 heteroatoms. The molecule has 0 fully saturated rings. The van der Waals surface area contributed by atoms with E-state index in [1.807, 2.05) is 26.8 Å². The zero-order valence-electron chi connectivity index (χ0n) is 12.1. The number of ether oxygens (including phenoxy) is 1. The van der Waals surface area contributed by atoms with Crippen LogP contribution in [0.25, 0.3) is 0 Å². The maximum atomic E-state index is 14.0. The van der Waals surface area contributed by atoms with Crippen molar-refractivity contribution in [3.05, 3.63) is 34.1 Å². The molecule has 1 atom stereocenters. The summed E-state index contributed by atoms with van der Waals surface area (Å²) in [5, 5.41) is 3.35. The van der Waals surface area contributed by atoms with Crippen LogP contribution in [0, 0.1) is 5.82 Å². The molecule has 0 aliphatic carbocycles. The number of hydrogen-bond donors (Lipinski definition) is 1. The normalized spacial score (nSPS) is 13.6. The van der Waals surface area contributed by atoms with Crippen LogP contribution in [0.2, 0.25) is 0 Å². The fourth-order valence-electron chi connectivity index (χ4n) is 1.99. The van der Waals surface area contributed by atoms with Crippen molar-refractivity contribution in [3.8, 4) is 0 Å². The molecule has 1 unspecified atom stereocenters. The predicted molar refractivity (Wildman–Crippen MR) is 80.8 cm³/mol. The second-order valence-electron chi connectivity index (χ2n) is 5.28. The van der Waals surface area contributed by atoms with Crippen molar-refractivity contribution < 1.29 is 9.13 Å². The van der Waals surface area contributed by atoms with E-state index in [0.717, 1.165) is 23.9 Å². The van der Waals surface area contributed by atoms with Gasteiger partial charge >= 0.3 is 0 Å². The van der Waals surface area contributed by atoms with Gasteiger partial charge in [0.1, 0.15) is 5.82 Å². The Balaban J connectivity index is 2.85. The zero-order valence-corrected chi connectivity index (χ0v) is 13.7. The largest absolute Gasteiger partial charge is 0.379 e. The Kier molecular flexibility index (Phi) is 6.43. The van der Waals surface area contributed by atoms with Gasteiger partial charge in [-0.2, -0.15) is 0 Å². The van der Waals surface area contributed by atoms with Crippen LogP contribution in [0.1, 0.15) is 45.2 Å². The minimum absolute atomic E-state index is 0.0110. The molecule has 0 aliphatic heterocycles. The first-order valence-electron chi connectivity index (χ1n) is 6.63. The summed E-state index contributed by atoms with van der Waals surface area (Å²) < 4.78 is 20.3. The van der Waals surface area contributed by atoms with Crippen LogP contribution in [0.3, 0.4) is 0 Å². The second-order valence-corrected chi connectivity index (χ2v) is 6.19. The van der Waals surface area contributed by atoms with E-state index >= 15 is 0 Å². The quantitative estimate of drug-likeness (QED) is 0.797. The molecule has 0 saturated carbocycles. The maximum absolute atomic E-state index is 14.0. The third-order valence-electron chi connectivity index (χ3n) is 3.37. The van der Waals surface area contributed by atoms with E-state index < -0.39 is 0 Å². The number of halogens is 2. The molecule has 2 nitrogen and oxygen atoms in total. The number of hydrogen-bond acceptors (Lipinski definition) is 2. The molecule has 0 heterocycles. The van der Waals surface area contributed by atoms with E-state index in [2.05, 4.69) is 21.2 Å². The van der Waals surface area contributed by atoms with Gasteiger partial charge in [0.15, 0.2) is 0 Å². The second kappa shape index (κ2) is 7.36. The molecule has 108 valence electrons. The Morgan fingerprint density at radius 1 is 1.42 bits per heavy atom. The molecule has 0 spiro atoms. The van der Waals surface area contributed by atoms with Crippen LogP contribution in [-0.4, -0.2) is 19.3 Å². The fraction of sp³-hybridized carbons (Fsp3) is 0.600. The molecule has 0 aliphatic rings. The van der Waals surface area contributed by atoms with Gasteiger partial charge in [-0.15, -0.1) is 0 Å². The molecule has 0 saturated heterocycles. The summed E-state index contributed by atoms with van der Waals surface area (Å²) in [5.74, 6) is -0.163. The third-order valence-corrected chi connectivity index (χ3v) is 3.86. The van der Waals surface area contributed by atoms with Crippen molar-refractivity contribution >= 4 is 15.9 Å². The van der Waals surface area contributed by atoms with Crippen molar-refractivity contribution in [2.75, 3.05) is 13.7 Å². The number of rotatable bonds is 7. The summed E-state index contributed by atoms with van der Waals surface area (Å²) in [6.45, 7) is 6.94. The van der Waals surface area contributed by atoms with E-state index in [9.17, 15) is 4.39 Å². The van der Waals surface area contributed by atoms with Crippen molar-refractivity contribution in [3.63, 3.8) is 0 Å². The van der Waals surface area contributed by atoms with Gasteiger partial charge in [-0.05, 0) is 51.4 Å². The molecule has 1 rings (SSSR count). The van der Waals surface area contributed by atoms with E-state index in [1.54, 1.807) is 13.2 Å². The van der Waals surface area contributed by atoms with Crippen LogP contribution in [0.5, 0.6) is 0 Å². The van der Waals surface area contributed by atoms with Crippen LogP contribution in [0.4, 0.5) is 4.39 Å². The minimum atomic E-state index is -0.184. The molecule has 0 bridgehead atoms. The van der Waals surface area contributed by atoms with E-state index in [-0.39, 0.29) is 17.5 Å². The van der Waals surface area contributed by atoms with Gasteiger partial charge in [0, 0.05) is 23.2 Å². The Bertz CT molecular complexity index is 409. The monoisotopic (exact) mass is 331 g/mol. The maximum Gasteiger partial charge on any atom is 0.128 e. The zero-order chi connectivity index (χ0) is 14.5. The van der Waals surface area contributed by atoms with Crippen LogP contribution >= 0.6 is 15.9 Å². The fourth-order valence-corrected chi connectivity index (χ4v) is 2.37. The van der Waals surface area contributed by atoms with Crippen LogP contribution < -0.4 is 5.32 Å². The predicted octanol–water partition coefficient (Wildman–Crippen LogP) is 4.44. The van der Waals surface area contributed by atoms with Crippen molar-refractivity contribution in [2.45, 2.75) is 45.3 Å². The first kappa shape index (κ1) is 16.6. The average molecular weight is 332 g/mol. The number of nitrogens with one attached hydrogen (secondary N) is 1. The van der Waals surface area contributed by atoms with Gasteiger partial charge < -0.3 is 10.1 Å². The standard InChI is InChI=1S/C15H23BrFNO/c1-5-18-14(8-9-15(2,3)19-4)12-10-11(16)6-7-13(12)17/h6-7,10,14,18H,5,8-9H2,1-4H3. The van der Waals surface area contributed by atoms with Gasteiger partial charge in [-0.25, -0.2) is 4.39 Å². The highest BCUT2D eigenvalue weighted by Crippen LogP contribution is 2.28. The summed E-state index contributed by atoms with van der Waals surface area (Å²) in [4.78, 5) is 0. The SMILES string of the molecule is CCNC(CCC(C)(C)OC)c1cc(Br)ccc1F. The van der Waals surface area contributed by atoms with Gasteiger partial charge in [0.05, 0.1) is 5.60 Å². The molecular weight excluding hydrogens is 309 g/mol. The Morgan fingerprint density at radius 2 is 2.11 bits per heavy atom. The summed E-state index contributed by atoms with van der Waals surface area (Å²) in [5.41, 5.74) is 0.527. The molecular formula is C15H23BrFNO. The highest BCUT2D eigenvalue weighted by atomic mass is 79.9. The third kappa shape index (κ3) is 5.21. The number of benzene rings is 1. The lowest BCUT2D eigenvalue weighted by atomic mass is 9.94. The first-order valence-corrected chi connectivity index (χ1v) is 7.42. The molecule has 1 aromatic carbocycles. The van der Waals surface area contributed by atoms with Crippen LogP contribution in [-0.2, 0) is 4.74 Å². The van der Waals surface area contributed by atoms with Gasteiger partial charge in [-0.1, -0.05) is 22.9 Å².